The SMILES string of the molecule is O=c1[nH]c(-c2ccc(C(F)(F)F)cc2)nc2c1CCN(CC1CCCCC1)C2. The highest BCUT2D eigenvalue weighted by Gasteiger charge is 2.30. The van der Waals surface area contributed by atoms with Gasteiger partial charge in [0.25, 0.3) is 5.56 Å². The maximum Gasteiger partial charge on any atom is 0.416 e. The van der Waals surface area contributed by atoms with Crippen LogP contribution in [0.2, 0.25) is 0 Å². The van der Waals surface area contributed by atoms with E-state index in [0.717, 1.165) is 30.9 Å². The minimum Gasteiger partial charge on any atom is -0.306 e. The van der Waals surface area contributed by atoms with Crippen LogP contribution in [0.15, 0.2) is 29.1 Å². The zero-order valence-corrected chi connectivity index (χ0v) is 15.7. The Kier molecular flexibility index (Phi) is 5.27. The van der Waals surface area contributed by atoms with Gasteiger partial charge in [0, 0.05) is 30.8 Å². The zero-order valence-electron chi connectivity index (χ0n) is 15.7. The van der Waals surface area contributed by atoms with Crippen molar-refractivity contribution in [2.24, 2.45) is 5.92 Å². The van der Waals surface area contributed by atoms with Crippen molar-refractivity contribution < 1.29 is 13.2 Å². The number of nitrogens with one attached hydrogen (secondary N) is 1. The van der Waals surface area contributed by atoms with Crippen LogP contribution in [0.3, 0.4) is 0 Å². The van der Waals surface area contributed by atoms with E-state index in [1.54, 1.807) is 0 Å². The molecule has 2 aromatic rings. The van der Waals surface area contributed by atoms with Gasteiger partial charge in [0.05, 0.1) is 11.3 Å². The van der Waals surface area contributed by atoms with E-state index in [1.807, 2.05) is 0 Å². The maximum absolute atomic E-state index is 12.8. The van der Waals surface area contributed by atoms with E-state index in [4.69, 9.17) is 0 Å². The Balaban J connectivity index is 1.55. The highest BCUT2D eigenvalue weighted by molar-refractivity contribution is 5.56. The van der Waals surface area contributed by atoms with Crippen LogP contribution in [0.25, 0.3) is 11.4 Å². The number of hydrogen-bond acceptors (Lipinski definition) is 3. The van der Waals surface area contributed by atoms with Gasteiger partial charge in [-0.05, 0) is 37.3 Å². The number of fused-ring (bicyclic) bond motifs is 1. The second-order valence-electron chi connectivity index (χ2n) is 7.90. The molecular weight excluding hydrogens is 367 g/mol. The van der Waals surface area contributed by atoms with E-state index in [1.165, 1.54) is 44.2 Å². The fraction of sp³-hybridized carbons (Fsp3) is 0.524. The molecule has 28 heavy (non-hydrogen) atoms. The molecule has 1 aliphatic heterocycles. The first-order chi connectivity index (χ1) is 13.4. The summed E-state index contributed by atoms with van der Waals surface area (Å²) in [7, 11) is 0. The number of benzene rings is 1. The van der Waals surface area contributed by atoms with Gasteiger partial charge in [-0.1, -0.05) is 31.4 Å². The lowest BCUT2D eigenvalue weighted by atomic mass is 9.88. The van der Waals surface area contributed by atoms with E-state index in [9.17, 15) is 18.0 Å². The van der Waals surface area contributed by atoms with Gasteiger partial charge in [-0.3, -0.25) is 9.69 Å². The van der Waals surface area contributed by atoms with Crippen molar-refractivity contribution in [3.8, 4) is 11.4 Å². The molecule has 1 fully saturated rings. The first-order valence-electron chi connectivity index (χ1n) is 9.92. The summed E-state index contributed by atoms with van der Waals surface area (Å²) in [5, 5.41) is 0. The molecule has 0 saturated heterocycles. The van der Waals surface area contributed by atoms with Crippen LogP contribution in [0, 0.1) is 5.92 Å². The minimum atomic E-state index is -4.38. The summed E-state index contributed by atoms with van der Waals surface area (Å²) in [6.45, 7) is 2.51. The van der Waals surface area contributed by atoms with Crippen molar-refractivity contribution in [2.45, 2.75) is 51.2 Å². The molecule has 1 aliphatic carbocycles. The molecule has 0 atom stereocenters. The van der Waals surface area contributed by atoms with Crippen molar-refractivity contribution in [3.05, 3.63) is 51.4 Å². The van der Waals surface area contributed by atoms with E-state index < -0.39 is 11.7 Å². The van der Waals surface area contributed by atoms with Crippen molar-refractivity contribution in [1.82, 2.24) is 14.9 Å². The molecule has 4 nitrogen and oxygen atoms in total. The van der Waals surface area contributed by atoms with Crippen LogP contribution in [0.4, 0.5) is 13.2 Å². The number of aromatic amines is 1. The quantitative estimate of drug-likeness (QED) is 0.844. The Bertz CT molecular complexity index is 883. The van der Waals surface area contributed by atoms with Gasteiger partial charge in [-0.2, -0.15) is 13.2 Å². The maximum atomic E-state index is 12.8. The molecule has 2 aliphatic rings. The molecule has 0 amide bonds. The lowest BCUT2D eigenvalue weighted by Gasteiger charge is -2.32. The van der Waals surface area contributed by atoms with Gasteiger partial charge in [-0.15, -0.1) is 0 Å². The van der Waals surface area contributed by atoms with Gasteiger partial charge < -0.3 is 4.98 Å². The summed E-state index contributed by atoms with van der Waals surface area (Å²) in [6.07, 6.45) is 2.74. The van der Waals surface area contributed by atoms with Crippen LogP contribution in [0.1, 0.15) is 48.9 Å². The third-order valence-electron chi connectivity index (χ3n) is 5.88. The molecule has 1 aromatic heterocycles. The first-order valence-corrected chi connectivity index (χ1v) is 9.92. The topological polar surface area (TPSA) is 49.0 Å². The molecule has 1 saturated carbocycles. The van der Waals surface area contributed by atoms with Crippen LogP contribution in [0.5, 0.6) is 0 Å². The summed E-state index contributed by atoms with van der Waals surface area (Å²) in [5.41, 5.74) is 1.04. The van der Waals surface area contributed by atoms with Crippen molar-refractivity contribution in [2.75, 3.05) is 13.1 Å². The molecule has 150 valence electrons. The molecular formula is C21H24F3N3O. The number of aromatic nitrogens is 2. The molecule has 1 N–H and O–H groups in total. The number of alkyl halides is 3. The molecule has 4 rings (SSSR count). The van der Waals surface area contributed by atoms with Gasteiger partial charge in [0.1, 0.15) is 5.82 Å². The van der Waals surface area contributed by atoms with Crippen LogP contribution >= 0.6 is 0 Å². The van der Waals surface area contributed by atoms with Crippen LogP contribution in [-0.2, 0) is 19.1 Å². The lowest BCUT2D eigenvalue weighted by Crippen LogP contribution is -2.38. The Morgan fingerprint density at radius 2 is 1.82 bits per heavy atom. The summed E-state index contributed by atoms with van der Waals surface area (Å²) in [4.78, 5) is 22.2. The van der Waals surface area contributed by atoms with Crippen molar-refractivity contribution in [1.29, 1.82) is 0 Å². The molecule has 0 spiro atoms. The monoisotopic (exact) mass is 391 g/mol. The van der Waals surface area contributed by atoms with E-state index >= 15 is 0 Å². The van der Waals surface area contributed by atoms with Gasteiger partial charge in [0.15, 0.2) is 0 Å². The average Bonchev–Trinajstić information content (AvgIpc) is 2.68. The van der Waals surface area contributed by atoms with E-state index in [-0.39, 0.29) is 5.56 Å². The molecule has 7 heteroatoms. The van der Waals surface area contributed by atoms with Crippen LogP contribution in [-0.4, -0.2) is 28.0 Å². The number of halogens is 3. The largest absolute Gasteiger partial charge is 0.416 e. The highest BCUT2D eigenvalue weighted by Crippen LogP contribution is 2.31. The standard InChI is InChI=1S/C21H24F3N3O/c22-21(23,24)16-8-6-15(7-9-16)19-25-18-13-27(11-10-17(18)20(28)26-19)12-14-4-2-1-3-5-14/h6-9,14H,1-5,10-13H2,(H,25,26,28). The lowest BCUT2D eigenvalue weighted by molar-refractivity contribution is -0.137. The van der Waals surface area contributed by atoms with E-state index in [0.29, 0.717) is 35.8 Å². The Labute approximate surface area is 161 Å². The van der Waals surface area contributed by atoms with Gasteiger partial charge >= 0.3 is 6.18 Å². The molecule has 0 unspecified atom stereocenters. The Hall–Kier alpha value is -2.15. The fourth-order valence-corrected chi connectivity index (χ4v) is 4.34. The van der Waals surface area contributed by atoms with Gasteiger partial charge in [-0.25, -0.2) is 4.98 Å². The summed E-state index contributed by atoms with van der Waals surface area (Å²) in [5.74, 6) is 1.05. The van der Waals surface area contributed by atoms with Crippen LogP contribution < -0.4 is 5.56 Å². The second kappa shape index (κ2) is 7.70. The predicted octanol–water partition coefficient (Wildman–Crippen LogP) is 4.39. The number of rotatable bonds is 3. The predicted molar refractivity (Wildman–Crippen MR) is 101 cm³/mol. The normalized spacial score (nSPS) is 18.8. The second-order valence-corrected chi connectivity index (χ2v) is 7.90. The molecule has 0 radical (unpaired) electrons. The number of nitrogens with zero attached hydrogens (tertiary/aromatic N) is 2. The zero-order chi connectivity index (χ0) is 19.7. The fourth-order valence-electron chi connectivity index (χ4n) is 4.34. The van der Waals surface area contributed by atoms with Crippen molar-refractivity contribution >= 4 is 0 Å². The highest BCUT2D eigenvalue weighted by atomic mass is 19.4. The third-order valence-corrected chi connectivity index (χ3v) is 5.88. The summed E-state index contributed by atoms with van der Waals surface area (Å²) >= 11 is 0. The van der Waals surface area contributed by atoms with Crippen molar-refractivity contribution in [3.63, 3.8) is 0 Å². The molecule has 2 heterocycles. The molecule has 1 aromatic carbocycles. The Morgan fingerprint density at radius 3 is 2.50 bits per heavy atom. The Morgan fingerprint density at radius 1 is 1.11 bits per heavy atom. The van der Waals surface area contributed by atoms with Gasteiger partial charge in [0.2, 0.25) is 0 Å². The first kappa shape index (κ1) is 19.2. The minimum absolute atomic E-state index is 0.183. The molecule has 0 bridgehead atoms. The number of hydrogen-bond donors (Lipinski definition) is 1. The third kappa shape index (κ3) is 4.14. The smallest absolute Gasteiger partial charge is 0.306 e. The van der Waals surface area contributed by atoms with E-state index in [2.05, 4.69) is 14.9 Å². The summed E-state index contributed by atoms with van der Waals surface area (Å²) in [6, 6.07) is 4.75. The number of H-pyrrole nitrogens is 1. The average molecular weight is 391 g/mol. The summed E-state index contributed by atoms with van der Waals surface area (Å²) < 4.78 is 38.3.